The van der Waals surface area contributed by atoms with Gasteiger partial charge in [-0.15, -0.1) is 0 Å². The minimum Gasteiger partial charge on any atom is -0.466 e. The first-order valence-electron chi connectivity index (χ1n) is 8.00. The maximum absolute atomic E-state index is 11.7. The van der Waals surface area contributed by atoms with Crippen molar-refractivity contribution in [3.8, 4) is 0 Å². The molecule has 0 aromatic heterocycles. The van der Waals surface area contributed by atoms with Crippen molar-refractivity contribution in [3.63, 3.8) is 0 Å². The summed E-state index contributed by atoms with van der Waals surface area (Å²) in [6.45, 7) is 10.9. The summed E-state index contributed by atoms with van der Waals surface area (Å²) < 4.78 is 10.4. The van der Waals surface area contributed by atoms with Crippen LogP contribution in [-0.2, 0) is 14.3 Å². The molecule has 0 unspecified atom stereocenters. The Morgan fingerprint density at radius 1 is 1.24 bits per heavy atom. The highest BCUT2D eigenvalue weighted by atomic mass is 16.5. The second kappa shape index (κ2) is 10.4. The monoisotopic (exact) mass is 299 g/mol. The molecular formula is C15H29N3O3. The molecule has 0 bridgehead atoms. The third-order valence-corrected chi connectivity index (χ3v) is 3.45. The first-order valence-corrected chi connectivity index (χ1v) is 8.00. The highest BCUT2D eigenvalue weighted by molar-refractivity contribution is 5.80. The van der Waals surface area contributed by atoms with Gasteiger partial charge in [0.25, 0.3) is 0 Å². The fourth-order valence-electron chi connectivity index (χ4n) is 2.37. The van der Waals surface area contributed by atoms with E-state index in [9.17, 15) is 4.79 Å². The molecule has 1 fully saturated rings. The maximum Gasteiger partial charge on any atom is 0.309 e. The molecule has 1 aliphatic rings. The van der Waals surface area contributed by atoms with Gasteiger partial charge in [-0.1, -0.05) is 0 Å². The second-order valence-electron chi connectivity index (χ2n) is 4.95. The molecule has 1 rings (SSSR count). The Morgan fingerprint density at radius 2 is 1.95 bits per heavy atom. The van der Waals surface area contributed by atoms with Gasteiger partial charge in [-0.3, -0.25) is 9.79 Å². The van der Waals surface area contributed by atoms with E-state index < -0.39 is 0 Å². The molecule has 21 heavy (non-hydrogen) atoms. The Kier molecular flexibility index (Phi) is 8.82. The lowest BCUT2D eigenvalue weighted by molar-refractivity contribution is -0.149. The number of hydrogen-bond acceptors (Lipinski definition) is 4. The minimum absolute atomic E-state index is 0.0347. The van der Waals surface area contributed by atoms with Gasteiger partial charge in [0.05, 0.1) is 25.7 Å². The third-order valence-electron chi connectivity index (χ3n) is 3.45. The number of likely N-dealkylation sites (tertiary alicyclic amines) is 1. The van der Waals surface area contributed by atoms with Crippen molar-refractivity contribution in [1.29, 1.82) is 0 Å². The van der Waals surface area contributed by atoms with Gasteiger partial charge >= 0.3 is 5.97 Å². The van der Waals surface area contributed by atoms with Crippen LogP contribution in [0, 0.1) is 5.92 Å². The average molecular weight is 299 g/mol. The fourth-order valence-corrected chi connectivity index (χ4v) is 2.37. The molecule has 6 nitrogen and oxygen atoms in total. The summed E-state index contributed by atoms with van der Waals surface area (Å²) in [6, 6.07) is 0. The van der Waals surface area contributed by atoms with Crippen LogP contribution in [0.4, 0.5) is 0 Å². The number of guanidine groups is 1. The highest BCUT2D eigenvalue weighted by Gasteiger charge is 2.27. The summed E-state index contributed by atoms with van der Waals surface area (Å²) in [5.74, 6) is 0.891. The average Bonchev–Trinajstić information content (AvgIpc) is 2.51. The summed E-state index contributed by atoms with van der Waals surface area (Å²) in [7, 11) is 0. The predicted molar refractivity (Wildman–Crippen MR) is 83.4 cm³/mol. The molecule has 0 atom stereocenters. The van der Waals surface area contributed by atoms with Gasteiger partial charge < -0.3 is 19.7 Å². The van der Waals surface area contributed by atoms with E-state index in [1.54, 1.807) is 0 Å². The number of hydrogen-bond donors (Lipinski definition) is 1. The molecule has 6 heteroatoms. The predicted octanol–water partition coefficient (Wildman–Crippen LogP) is 1.26. The zero-order chi connectivity index (χ0) is 15.5. The number of nitrogens with one attached hydrogen (secondary N) is 1. The Bertz CT molecular complexity index is 326. The molecule has 1 saturated heterocycles. The number of rotatable bonds is 7. The lowest BCUT2D eigenvalue weighted by Gasteiger charge is -2.33. The SMILES string of the molecule is CCNC(=NCCOCC)N1CCC(C(=O)OCC)CC1. The first kappa shape index (κ1) is 17.8. The molecular weight excluding hydrogens is 270 g/mol. The van der Waals surface area contributed by atoms with Crippen molar-refractivity contribution < 1.29 is 14.3 Å². The Morgan fingerprint density at radius 3 is 2.52 bits per heavy atom. The van der Waals surface area contributed by atoms with Crippen LogP contribution in [0.2, 0.25) is 0 Å². The number of piperidine rings is 1. The number of carbonyl (C=O) groups is 1. The van der Waals surface area contributed by atoms with Crippen LogP contribution in [0.15, 0.2) is 4.99 Å². The van der Waals surface area contributed by atoms with Crippen LogP contribution in [0.1, 0.15) is 33.6 Å². The Balaban J connectivity index is 2.45. The molecule has 0 spiro atoms. The summed E-state index contributed by atoms with van der Waals surface area (Å²) in [6.07, 6.45) is 1.66. The van der Waals surface area contributed by atoms with Crippen molar-refractivity contribution in [3.05, 3.63) is 0 Å². The molecule has 0 aromatic rings. The van der Waals surface area contributed by atoms with Crippen molar-refractivity contribution in [2.24, 2.45) is 10.9 Å². The lowest BCUT2D eigenvalue weighted by Crippen LogP contribution is -2.46. The fraction of sp³-hybridized carbons (Fsp3) is 0.867. The number of nitrogens with zero attached hydrogens (tertiary/aromatic N) is 2. The van der Waals surface area contributed by atoms with Gasteiger partial charge in [-0.25, -0.2) is 0 Å². The number of aliphatic imine (C=N–C) groups is 1. The maximum atomic E-state index is 11.7. The summed E-state index contributed by atoms with van der Waals surface area (Å²) in [4.78, 5) is 18.5. The largest absolute Gasteiger partial charge is 0.466 e. The van der Waals surface area contributed by atoms with Crippen LogP contribution in [0.5, 0.6) is 0 Å². The molecule has 1 heterocycles. The molecule has 1 N–H and O–H groups in total. The number of esters is 1. The van der Waals surface area contributed by atoms with E-state index in [0.29, 0.717) is 19.8 Å². The van der Waals surface area contributed by atoms with Crippen LogP contribution in [-0.4, -0.2) is 62.8 Å². The van der Waals surface area contributed by atoms with Gasteiger partial charge in [0.2, 0.25) is 0 Å². The first-order chi connectivity index (χ1) is 10.2. The Labute approximate surface area is 127 Å². The van der Waals surface area contributed by atoms with E-state index in [2.05, 4.69) is 22.1 Å². The number of ether oxygens (including phenoxy) is 2. The van der Waals surface area contributed by atoms with E-state index in [0.717, 1.165) is 45.0 Å². The third kappa shape index (κ3) is 6.33. The molecule has 122 valence electrons. The summed E-state index contributed by atoms with van der Waals surface area (Å²) in [5.41, 5.74) is 0. The molecule has 1 aliphatic heterocycles. The molecule has 0 radical (unpaired) electrons. The Hall–Kier alpha value is -1.30. The van der Waals surface area contributed by atoms with Gasteiger partial charge in [0.1, 0.15) is 0 Å². The van der Waals surface area contributed by atoms with Crippen molar-refractivity contribution in [1.82, 2.24) is 10.2 Å². The number of carbonyl (C=O) groups excluding carboxylic acids is 1. The van der Waals surface area contributed by atoms with Gasteiger partial charge in [-0.2, -0.15) is 0 Å². The van der Waals surface area contributed by atoms with E-state index in [4.69, 9.17) is 9.47 Å². The zero-order valence-electron chi connectivity index (χ0n) is 13.6. The molecule has 0 aromatic carbocycles. The smallest absolute Gasteiger partial charge is 0.309 e. The molecule has 0 amide bonds. The van der Waals surface area contributed by atoms with Gasteiger partial charge in [0, 0.05) is 26.2 Å². The zero-order valence-corrected chi connectivity index (χ0v) is 13.6. The van der Waals surface area contributed by atoms with Crippen LogP contribution >= 0.6 is 0 Å². The van der Waals surface area contributed by atoms with Crippen LogP contribution < -0.4 is 5.32 Å². The van der Waals surface area contributed by atoms with Crippen LogP contribution in [0.25, 0.3) is 0 Å². The van der Waals surface area contributed by atoms with Gasteiger partial charge in [-0.05, 0) is 33.6 Å². The molecule has 0 saturated carbocycles. The summed E-state index contributed by atoms with van der Waals surface area (Å²) in [5, 5.41) is 3.30. The molecule has 0 aliphatic carbocycles. The van der Waals surface area contributed by atoms with Crippen LogP contribution in [0.3, 0.4) is 0 Å². The topological polar surface area (TPSA) is 63.2 Å². The van der Waals surface area contributed by atoms with E-state index in [1.807, 2.05) is 13.8 Å². The van der Waals surface area contributed by atoms with Crippen molar-refractivity contribution in [2.75, 3.05) is 46.0 Å². The van der Waals surface area contributed by atoms with Crippen molar-refractivity contribution >= 4 is 11.9 Å². The standard InChI is InChI=1S/C15H29N3O3/c1-4-16-15(17-9-12-20-5-2)18-10-7-13(8-11-18)14(19)21-6-3/h13H,4-12H2,1-3H3,(H,16,17). The van der Waals surface area contributed by atoms with Gasteiger partial charge in [0.15, 0.2) is 5.96 Å². The quantitative estimate of drug-likeness (QED) is 0.332. The second-order valence-corrected chi connectivity index (χ2v) is 4.95. The van der Waals surface area contributed by atoms with Crippen molar-refractivity contribution in [2.45, 2.75) is 33.6 Å². The highest BCUT2D eigenvalue weighted by Crippen LogP contribution is 2.18. The van der Waals surface area contributed by atoms with E-state index >= 15 is 0 Å². The van der Waals surface area contributed by atoms with E-state index in [1.165, 1.54) is 0 Å². The minimum atomic E-state index is -0.0598. The lowest BCUT2D eigenvalue weighted by atomic mass is 9.97. The summed E-state index contributed by atoms with van der Waals surface area (Å²) >= 11 is 0. The normalized spacial score (nSPS) is 16.9. The van der Waals surface area contributed by atoms with E-state index in [-0.39, 0.29) is 11.9 Å².